The molecule has 118 valence electrons. The van der Waals surface area contributed by atoms with Crippen LogP contribution in [-0.2, 0) is 10.5 Å². The second-order valence-electron chi connectivity index (χ2n) is 4.63. The van der Waals surface area contributed by atoms with Gasteiger partial charge in [-0.2, -0.15) is 0 Å². The number of nitrogens with zero attached hydrogens (tertiary/aromatic N) is 3. The molecule has 8 heteroatoms. The van der Waals surface area contributed by atoms with Gasteiger partial charge in [-0.3, -0.25) is 0 Å². The first-order valence-corrected chi connectivity index (χ1v) is 8.60. The van der Waals surface area contributed by atoms with Crippen LogP contribution >= 0.6 is 23.1 Å². The summed E-state index contributed by atoms with van der Waals surface area (Å²) >= 11 is 3.06. The van der Waals surface area contributed by atoms with Crippen molar-refractivity contribution in [3.8, 4) is 10.7 Å². The van der Waals surface area contributed by atoms with Crippen LogP contribution in [0.2, 0.25) is 0 Å². The van der Waals surface area contributed by atoms with Crippen LogP contribution in [0.1, 0.15) is 15.9 Å². The zero-order valence-corrected chi connectivity index (χ0v) is 13.9. The molecule has 0 radical (unpaired) electrons. The molecule has 0 amide bonds. The van der Waals surface area contributed by atoms with E-state index >= 15 is 0 Å². The number of hydrogen-bond acceptors (Lipinski definition) is 7. The number of ether oxygens (including phenoxy) is 1. The molecule has 2 aromatic heterocycles. The zero-order valence-electron chi connectivity index (χ0n) is 12.3. The Balaban J connectivity index is 1.68. The Labute approximate surface area is 141 Å². The van der Waals surface area contributed by atoms with E-state index in [-0.39, 0.29) is 5.97 Å². The summed E-state index contributed by atoms with van der Waals surface area (Å²) in [5, 5.41) is 10.9. The van der Waals surface area contributed by atoms with Crippen LogP contribution in [-0.4, -0.2) is 28.0 Å². The highest BCUT2D eigenvalue weighted by Crippen LogP contribution is 2.26. The highest BCUT2D eigenvalue weighted by atomic mass is 32.2. The number of benzene rings is 1. The molecule has 0 aliphatic heterocycles. The first-order chi connectivity index (χ1) is 11.2. The Morgan fingerprint density at radius 2 is 2.09 bits per heavy atom. The van der Waals surface area contributed by atoms with E-state index in [1.54, 1.807) is 23.5 Å². The fourth-order valence-corrected chi connectivity index (χ4v) is 3.47. The van der Waals surface area contributed by atoms with E-state index in [9.17, 15) is 4.79 Å². The predicted molar refractivity (Wildman–Crippen MR) is 90.8 cm³/mol. The van der Waals surface area contributed by atoms with E-state index in [2.05, 4.69) is 14.9 Å². The Morgan fingerprint density at radius 3 is 2.74 bits per heavy atom. The minimum atomic E-state index is -0.341. The molecule has 23 heavy (non-hydrogen) atoms. The molecule has 0 spiro atoms. The van der Waals surface area contributed by atoms with E-state index in [4.69, 9.17) is 5.84 Å². The summed E-state index contributed by atoms with van der Waals surface area (Å²) in [6.45, 7) is 0. The molecular weight excluding hydrogens is 332 g/mol. The van der Waals surface area contributed by atoms with E-state index in [1.807, 2.05) is 29.6 Å². The van der Waals surface area contributed by atoms with Gasteiger partial charge in [-0.25, -0.2) is 9.47 Å². The molecule has 1 aromatic carbocycles. The molecule has 0 bridgehead atoms. The smallest absolute Gasteiger partial charge is 0.337 e. The van der Waals surface area contributed by atoms with Gasteiger partial charge in [0.15, 0.2) is 5.82 Å². The number of hydrogen-bond donors (Lipinski definition) is 1. The van der Waals surface area contributed by atoms with E-state index in [0.29, 0.717) is 22.3 Å². The number of carbonyl (C=O) groups is 1. The van der Waals surface area contributed by atoms with Gasteiger partial charge in [-0.05, 0) is 29.1 Å². The molecule has 0 unspecified atom stereocenters. The molecule has 0 aliphatic carbocycles. The van der Waals surface area contributed by atoms with Gasteiger partial charge in [-0.15, -0.1) is 21.5 Å². The summed E-state index contributed by atoms with van der Waals surface area (Å²) in [6, 6.07) is 11.2. The standard InChI is InChI=1S/C15H14N4O2S2/c1-21-14(20)11-6-4-10(5-7-11)9-23-15-18-17-13(19(15)16)12-3-2-8-22-12/h2-8H,9,16H2,1H3. The molecule has 6 nitrogen and oxygen atoms in total. The van der Waals surface area contributed by atoms with Crippen LogP contribution < -0.4 is 5.84 Å². The van der Waals surface area contributed by atoms with Crippen LogP contribution in [0.3, 0.4) is 0 Å². The maximum atomic E-state index is 11.4. The lowest BCUT2D eigenvalue weighted by Gasteiger charge is -2.04. The van der Waals surface area contributed by atoms with Gasteiger partial charge in [0.1, 0.15) is 0 Å². The molecule has 2 heterocycles. The van der Waals surface area contributed by atoms with Crippen molar-refractivity contribution in [1.82, 2.24) is 14.9 Å². The lowest BCUT2D eigenvalue weighted by atomic mass is 10.1. The number of thiophene rings is 1. The van der Waals surface area contributed by atoms with Crippen molar-refractivity contribution in [3.05, 3.63) is 52.9 Å². The normalized spacial score (nSPS) is 10.7. The minimum Gasteiger partial charge on any atom is -0.465 e. The predicted octanol–water partition coefficient (Wildman–Crippen LogP) is 2.80. The van der Waals surface area contributed by atoms with Crippen molar-refractivity contribution in [3.63, 3.8) is 0 Å². The van der Waals surface area contributed by atoms with Gasteiger partial charge in [-0.1, -0.05) is 30.0 Å². The third kappa shape index (κ3) is 3.38. The second kappa shape index (κ2) is 6.84. The summed E-state index contributed by atoms with van der Waals surface area (Å²) < 4.78 is 6.18. The summed E-state index contributed by atoms with van der Waals surface area (Å²) in [5.74, 6) is 7.05. The highest BCUT2D eigenvalue weighted by molar-refractivity contribution is 7.98. The highest BCUT2D eigenvalue weighted by Gasteiger charge is 2.13. The largest absolute Gasteiger partial charge is 0.465 e. The Bertz CT molecular complexity index is 798. The minimum absolute atomic E-state index is 0.341. The van der Waals surface area contributed by atoms with E-state index < -0.39 is 0 Å². The van der Waals surface area contributed by atoms with Gasteiger partial charge in [0.05, 0.1) is 17.6 Å². The maximum Gasteiger partial charge on any atom is 0.337 e. The maximum absolute atomic E-state index is 11.4. The van der Waals surface area contributed by atoms with Crippen molar-refractivity contribution in [2.45, 2.75) is 10.9 Å². The number of aromatic nitrogens is 3. The third-order valence-corrected chi connectivity index (χ3v) is 5.03. The molecule has 0 saturated carbocycles. The number of methoxy groups -OCH3 is 1. The van der Waals surface area contributed by atoms with Gasteiger partial charge >= 0.3 is 5.97 Å². The number of esters is 1. The fourth-order valence-electron chi connectivity index (χ4n) is 1.95. The molecule has 0 atom stereocenters. The Kier molecular flexibility index (Phi) is 4.63. The third-order valence-electron chi connectivity index (χ3n) is 3.15. The second-order valence-corrected chi connectivity index (χ2v) is 6.52. The van der Waals surface area contributed by atoms with Crippen LogP contribution in [0.15, 0.2) is 46.9 Å². The van der Waals surface area contributed by atoms with E-state index in [1.165, 1.54) is 23.5 Å². The van der Waals surface area contributed by atoms with Gasteiger partial charge in [0.25, 0.3) is 0 Å². The molecule has 3 rings (SSSR count). The van der Waals surface area contributed by atoms with Crippen molar-refractivity contribution in [2.75, 3.05) is 13.0 Å². The van der Waals surface area contributed by atoms with Crippen LogP contribution in [0, 0.1) is 0 Å². The number of nitrogen functional groups attached to an aromatic ring is 1. The average molecular weight is 346 g/mol. The first kappa shape index (κ1) is 15.6. The topological polar surface area (TPSA) is 83.0 Å². The van der Waals surface area contributed by atoms with Gasteiger partial charge in [0, 0.05) is 5.75 Å². The van der Waals surface area contributed by atoms with Crippen molar-refractivity contribution >= 4 is 29.1 Å². The number of nitrogens with two attached hydrogens (primary N) is 1. The van der Waals surface area contributed by atoms with E-state index in [0.717, 1.165) is 10.4 Å². The Hall–Kier alpha value is -2.32. The van der Waals surface area contributed by atoms with Gasteiger partial charge in [0.2, 0.25) is 5.16 Å². The van der Waals surface area contributed by atoms with Crippen molar-refractivity contribution < 1.29 is 9.53 Å². The molecule has 3 aromatic rings. The first-order valence-electron chi connectivity index (χ1n) is 6.73. The van der Waals surface area contributed by atoms with Gasteiger partial charge < -0.3 is 10.6 Å². The zero-order chi connectivity index (χ0) is 16.2. The monoisotopic (exact) mass is 346 g/mol. The molecule has 0 fully saturated rings. The number of thioether (sulfide) groups is 1. The molecular formula is C15H14N4O2S2. The SMILES string of the molecule is COC(=O)c1ccc(CSc2nnc(-c3cccs3)n2N)cc1. The summed E-state index contributed by atoms with van der Waals surface area (Å²) in [7, 11) is 1.37. The summed E-state index contributed by atoms with van der Waals surface area (Å²) in [4.78, 5) is 12.4. The quantitative estimate of drug-likeness (QED) is 0.434. The number of carbonyl (C=O) groups excluding carboxylic acids is 1. The molecule has 0 saturated heterocycles. The van der Waals surface area contributed by atoms with Crippen LogP contribution in [0.4, 0.5) is 0 Å². The van der Waals surface area contributed by atoms with Crippen molar-refractivity contribution in [1.29, 1.82) is 0 Å². The molecule has 2 N–H and O–H groups in total. The lowest BCUT2D eigenvalue weighted by molar-refractivity contribution is 0.0600. The number of rotatable bonds is 5. The molecule has 0 aliphatic rings. The Morgan fingerprint density at radius 1 is 1.30 bits per heavy atom. The van der Waals surface area contributed by atoms with Crippen LogP contribution in [0.25, 0.3) is 10.7 Å². The average Bonchev–Trinajstić information content (AvgIpc) is 3.22. The summed E-state index contributed by atoms with van der Waals surface area (Å²) in [6.07, 6.45) is 0. The summed E-state index contributed by atoms with van der Waals surface area (Å²) in [5.41, 5.74) is 1.59. The fraction of sp³-hybridized carbons (Fsp3) is 0.133. The van der Waals surface area contributed by atoms with Crippen molar-refractivity contribution in [2.24, 2.45) is 0 Å². The lowest BCUT2D eigenvalue weighted by Crippen LogP contribution is -2.11. The van der Waals surface area contributed by atoms with Crippen LogP contribution in [0.5, 0.6) is 0 Å².